The Hall–Kier alpha value is 3.02. The molecule has 0 spiro atoms. The van der Waals surface area contributed by atoms with Crippen LogP contribution in [0.25, 0.3) is 0 Å². The Morgan fingerprint density at radius 2 is 1.00 bits per heavy atom. The number of rotatable bonds is 0. The Morgan fingerprint density at radius 3 is 1.00 bits per heavy atom. The molecule has 0 saturated heterocycles. The summed E-state index contributed by atoms with van der Waals surface area (Å²) in [5.74, 6) is 0. The summed E-state index contributed by atoms with van der Waals surface area (Å²) >= 11 is 0. The maximum absolute atomic E-state index is 8.88. The van der Waals surface area contributed by atoms with Gasteiger partial charge < -0.3 is 24.9 Å². The van der Waals surface area contributed by atoms with Crippen LogP contribution in [0.2, 0.25) is 0 Å². The van der Waals surface area contributed by atoms with Gasteiger partial charge in [0.1, 0.15) is 0 Å². The van der Waals surface area contributed by atoms with E-state index >= 15 is 0 Å². The van der Waals surface area contributed by atoms with Crippen molar-refractivity contribution in [2.24, 2.45) is 0 Å². The van der Waals surface area contributed by atoms with E-state index in [2.05, 4.69) is 0 Å². The zero-order valence-corrected chi connectivity index (χ0v) is 4.89. The fourth-order valence-corrected chi connectivity index (χ4v) is 0. The monoisotopic (exact) mass is 248 g/mol. The average molecular weight is 248 g/mol. The molecule has 5 N–H and O–H groups in total. The van der Waals surface area contributed by atoms with Crippen molar-refractivity contribution in [2.75, 3.05) is 0 Å². The molecule has 0 amide bonds. The van der Waals surface area contributed by atoms with Crippen LogP contribution in [0.1, 0.15) is 0 Å². The van der Waals surface area contributed by atoms with Gasteiger partial charge in [-0.3, -0.25) is 0 Å². The van der Waals surface area contributed by atoms with Gasteiger partial charge in [0, 0.05) is 0 Å². The first kappa shape index (κ1) is 29.4. The summed E-state index contributed by atoms with van der Waals surface area (Å²) in [4.78, 5) is 30.1. The van der Waals surface area contributed by atoms with Crippen LogP contribution >= 0.6 is 7.82 Å². The fourth-order valence-electron chi connectivity index (χ4n) is 0. The van der Waals surface area contributed by atoms with Crippen molar-refractivity contribution in [3.8, 4) is 0 Å². The molecular formula is CH8KNa2O7P. The summed E-state index contributed by atoms with van der Waals surface area (Å²) in [6.07, 6.45) is -1.83. The van der Waals surface area contributed by atoms with Crippen molar-refractivity contribution in [3.05, 3.63) is 0 Å². The number of carboxylic acid groups (broad SMARTS) is 2. The summed E-state index contributed by atoms with van der Waals surface area (Å²) < 4.78 is 8.88. The molecule has 0 saturated carbocycles. The Bertz CT molecular complexity index is 121. The van der Waals surface area contributed by atoms with Crippen LogP contribution in [0.15, 0.2) is 0 Å². The van der Waals surface area contributed by atoms with Crippen LogP contribution in [0.3, 0.4) is 0 Å². The van der Waals surface area contributed by atoms with E-state index in [1.807, 2.05) is 0 Å². The predicted molar refractivity (Wildman–Crippen MR) is 46.4 cm³/mol. The van der Waals surface area contributed by atoms with E-state index in [9.17, 15) is 0 Å². The predicted octanol–water partition coefficient (Wildman–Crippen LogP) is -2.65. The van der Waals surface area contributed by atoms with E-state index in [0.717, 1.165) is 0 Å². The van der Waals surface area contributed by atoms with Gasteiger partial charge >= 0.3 is 124 Å². The van der Waals surface area contributed by atoms with Crippen LogP contribution in [0.4, 0.5) is 4.79 Å². The van der Waals surface area contributed by atoms with Crippen LogP contribution in [0.5, 0.6) is 0 Å². The van der Waals surface area contributed by atoms with E-state index in [-0.39, 0.29) is 110 Å². The van der Waals surface area contributed by atoms with Gasteiger partial charge in [-0.2, -0.15) is 0 Å². The quantitative estimate of drug-likeness (QED) is 0.233. The molecule has 0 aliphatic rings. The van der Waals surface area contributed by atoms with Gasteiger partial charge in [-0.25, -0.2) is 9.36 Å². The van der Waals surface area contributed by atoms with E-state index in [1.54, 1.807) is 0 Å². The minimum atomic E-state index is -4.64. The Labute approximate surface area is 155 Å². The van der Waals surface area contributed by atoms with E-state index in [0.29, 0.717) is 0 Å². The summed E-state index contributed by atoms with van der Waals surface area (Å²) in [7, 11) is -4.64. The molecule has 0 aromatic carbocycles. The van der Waals surface area contributed by atoms with E-state index < -0.39 is 14.0 Å². The second-order valence-corrected chi connectivity index (χ2v) is 1.82. The number of hydrogen-bond donors (Lipinski definition) is 5. The molecule has 0 aromatic heterocycles. The Morgan fingerprint density at radius 1 is 1.00 bits per heavy atom. The third kappa shape index (κ3) is 207. The Kier molecular flexibility index (Phi) is 40.3. The van der Waals surface area contributed by atoms with Crippen molar-refractivity contribution in [1.29, 1.82) is 0 Å². The molecule has 12 heavy (non-hydrogen) atoms. The summed E-state index contributed by atoms with van der Waals surface area (Å²) in [5, 5.41) is 13.9. The van der Waals surface area contributed by atoms with E-state index in [1.165, 1.54) is 0 Å². The molecule has 0 heterocycles. The molecule has 0 aromatic rings. The van der Waals surface area contributed by atoms with Gasteiger partial charge in [0.05, 0.1) is 0 Å². The van der Waals surface area contributed by atoms with Crippen LogP contribution in [-0.2, 0) is 4.57 Å². The number of hydrogen-bond acceptors (Lipinski definition) is 2. The van der Waals surface area contributed by atoms with Crippen molar-refractivity contribution < 1.29 is 34.3 Å². The summed E-state index contributed by atoms with van der Waals surface area (Å²) in [5.41, 5.74) is 0. The SMILES string of the molecule is O=C(O)O.O=P(O)(O)O.[KH].[NaH].[NaH]. The van der Waals surface area contributed by atoms with Gasteiger partial charge in [0.25, 0.3) is 0 Å². The molecule has 0 aliphatic carbocycles. The van der Waals surface area contributed by atoms with Gasteiger partial charge in [-0.1, -0.05) is 0 Å². The van der Waals surface area contributed by atoms with E-state index in [4.69, 9.17) is 34.3 Å². The molecule has 0 rings (SSSR count). The first-order valence-electron chi connectivity index (χ1n) is 1.43. The zero-order chi connectivity index (χ0) is 8.08. The molecule has 0 radical (unpaired) electrons. The van der Waals surface area contributed by atoms with Gasteiger partial charge in [-0.15, -0.1) is 0 Å². The zero-order valence-electron chi connectivity index (χ0n) is 4.00. The molecule has 7 nitrogen and oxygen atoms in total. The normalized spacial score (nSPS) is 6.92. The first-order chi connectivity index (χ1) is 3.73. The molecule has 0 unspecified atom stereocenters. The van der Waals surface area contributed by atoms with Crippen molar-refractivity contribution in [2.45, 2.75) is 0 Å². The second kappa shape index (κ2) is 16.4. The van der Waals surface area contributed by atoms with Crippen molar-refractivity contribution in [3.63, 3.8) is 0 Å². The molecule has 0 fully saturated rings. The number of carbonyl (C=O) groups is 1. The minimum absolute atomic E-state index is 0. The van der Waals surface area contributed by atoms with Gasteiger partial charge in [0.2, 0.25) is 0 Å². The van der Waals surface area contributed by atoms with Crippen LogP contribution in [-0.4, -0.2) is 142 Å². The molecular weight excluding hydrogens is 240 g/mol. The van der Waals surface area contributed by atoms with Crippen molar-refractivity contribution in [1.82, 2.24) is 0 Å². The van der Waals surface area contributed by atoms with Crippen molar-refractivity contribution >= 4 is 124 Å². The number of phosphoric acid groups is 1. The second-order valence-electron chi connectivity index (χ2n) is 0.796. The summed E-state index contributed by atoms with van der Waals surface area (Å²) in [6.45, 7) is 0. The third-order valence-corrected chi connectivity index (χ3v) is 0. The van der Waals surface area contributed by atoms with Crippen LogP contribution in [0, 0.1) is 0 Å². The third-order valence-electron chi connectivity index (χ3n) is 0. The summed E-state index contributed by atoms with van der Waals surface area (Å²) in [6, 6.07) is 0. The molecule has 0 bridgehead atoms. The molecule has 11 heteroatoms. The molecule has 62 valence electrons. The Balaban J connectivity index is -0.0000000221. The van der Waals surface area contributed by atoms with Gasteiger partial charge in [-0.05, 0) is 0 Å². The first-order valence-corrected chi connectivity index (χ1v) is 3.00. The fraction of sp³-hybridized carbons (Fsp3) is 0. The maximum atomic E-state index is 8.88. The standard InChI is InChI=1S/CH2O3.K.2Na.H3O4P.3H/c2-1(3)4;;;;1-5(2,3)4;;;/h(H2,2,3,4);;;;(H3,1,2,3,4);;;. The average Bonchev–Trinajstić information content (AvgIpc) is 1.19. The van der Waals surface area contributed by atoms with Gasteiger partial charge in [0.15, 0.2) is 0 Å². The van der Waals surface area contributed by atoms with Crippen LogP contribution < -0.4 is 0 Å². The topological polar surface area (TPSA) is 135 Å². The molecule has 0 atom stereocenters. The molecule has 0 aliphatic heterocycles.